The van der Waals surface area contributed by atoms with Crippen molar-refractivity contribution < 1.29 is 75.7 Å². The number of benzene rings is 3. The second kappa shape index (κ2) is 22.4. The first kappa shape index (κ1) is 58.7. The molecule has 24 nitrogen and oxygen atoms in total. The predicted molar refractivity (Wildman–Crippen MR) is 296 cm³/mol. The summed E-state index contributed by atoms with van der Waals surface area (Å²) in [6, 6.07) is 13.3. The number of nitrogens with one attached hydrogen (secondary N) is 2. The fraction of sp³-hybridized carbons (Fsp3) is 0.434. The van der Waals surface area contributed by atoms with Crippen LogP contribution in [0.15, 0.2) is 67.3 Å². The first-order chi connectivity index (χ1) is 37.6. The number of imidazole rings is 1. The number of ether oxygens (including phenoxy) is 2. The molecule has 3 aromatic carbocycles. The van der Waals surface area contributed by atoms with Crippen LogP contribution in [0.2, 0.25) is 0 Å². The number of aromatic nitrogens is 4. The van der Waals surface area contributed by atoms with Gasteiger partial charge in [-0.1, -0.05) is 25.0 Å². The Morgan fingerprint density at radius 3 is 2.26 bits per heavy atom. The molecule has 428 valence electrons. The second-order valence-electron chi connectivity index (χ2n) is 21.2. The zero-order valence-corrected chi connectivity index (χ0v) is 48.1. The average molecular weight is 1160 g/mol. The van der Waals surface area contributed by atoms with Crippen LogP contribution < -0.4 is 35.4 Å². The number of carboxylic acid groups (broad SMARTS) is 1. The topological polar surface area (TPSA) is 327 Å². The number of rotatable bonds is 21. The number of hydrogen-bond donors (Lipinski definition) is 8. The highest BCUT2D eigenvalue weighted by atomic mass is 31.3. The highest BCUT2D eigenvalue weighted by molar-refractivity contribution is 7.66. The number of anilines is 2. The van der Waals surface area contributed by atoms with Crippen molar-refractivity contribution in [3.8, 4) is 11.5 Å². The summed E-state index contributed by atoms with van der Waals surface area (Å²) >= 11 is 0. The molecule has 0 radical (unpaired) electrons. The van der Waals surface area contributed by atoms with Crippen molar-refractivity contribution in [3.63, 3.8) is 0 Å². The van der Waals surface area contributed by atoms with Crippen LogP contribution in [-0.2, 0) is 31.6 Å². The molecule has 5 aromatic rings. The van der Waals surface area contributed by atoms with Crippen LogP contribution in [0.1, 0.15) is 137 Å². The van der Waals surface area contributed by atoms with E-state index in [4.69, 9.17) is 19.3 Å². The summed E-state index contributed by atoms with van der Waals surface area (Å²) in [5.74, 6) is 0.103. The number of hydrogen-bond acceptors (Lipinski definition) is 16. The van der Waals surface area contributed by atoms with Crippen LogP contribution in [0.25, 0.3) is 27.9 Å². The van der Waals surface area contributed by atoms with E-state index >= 15 is 0 Å². The SMILES string of the molecule is CCN1c2cc3c(cc2C(C)=CC1(C)C)C(c1ccc(C(=O)NCCCCCCNc2ncnc4c2ncn4[C@H]2C[C@H](O)[C@@H](COP(=O)(O)OP(=O)(O)OP(=O)(O)O)O2)cc1C(=O)O)=c1cc2c(cc1O3)=[N+](CC)C(C)(C)C=C2C. The Morgan fingerprint density at radius 2 is 1.56 bits per heavy atom. The Bertz CT molecular complexity index is 3670. The third-order valence-electron chi connectivity index (χ3n) is 14.7. The predicted octanol–water partition coefficient (Wildman–Crippen LogP) is 7.00. The number of phosphoric acid groups is 3. The summed E-state index contributed by atoms with van der Waals surface area (Å²) in [6.07, 6.45) is 6.75. The van der Waals surface area contributed by atoms with Crippen LogP contribution in [-0.4, -0.2) is 117 Å². The smallest absolute Gasteiger partial charge is 0.478 e. The maximum absolute atomic E-state index is 13.7. The lowest BCUT2D eigenvalue weighted by atomic mass is 9.83. The number of phosphoric ester groups is 1. The zero-order valence-electron chi connectivity index (χ0n) is 45.4. The molecule has 2 unspecified atom stereocenters. The van der Waals surface area contributed by atoms with Crippen LogP contribution in [0.3, 0.4) is 0 Å². The van der Waals surface area contributed by atoms with Gasteiger partial charge in [0.25, 0.3) is 5.91 Å². The molecule has 0 bridgehead atoms. The van der Waals surface area contributed by atoms with Crippen LogP contribution in [0.5, 0.6) is 11.5 Å². The van der Waals surface area contributed by atoms with Gasteiger partial charge in [-0.05, 0) is 101 Å². The molecule has 0 saturated carbocycles. The zero-order chi connectivity index (χ0) is 57.9. The van der Waals surface area contributed by atoms with Gasteiger partial charge in [-0.3, -0.25) is 13.9 Å². The number of aliphatic hydroxyl groups excluding tert-OH is 1. The van der Waals surface area contributed by atoms with E-state index in [0.717, 1.165) is 76.5 Å². The normalized spacial score (nSPS) is 20.6. The standard InChI is InChI=1S/C53H65N8O16P3/c1-9-60-39-22-42-37(20-34(39)30(3)25-52(60,5)6)46(38-21-35-31(4)26-53(7,8)61(10-2)40(35)23-43(38)74-42)33-16-15-32(19-36(33)51(64)65)50(63)55-18-14-12-11-13-17-54-48-47-49(57-28-56-48)59(29-58-47)45-24-41(62)44(75-45)27-73-79(69,70)77-80(71,72)76-78(66,67)68/h15-16,19-23,25-26,28-29,41,44-45,62H,9-14,17-18,24,27H2,1-8H3,(H6-,54,55,56,57,63,64,65,66,67,68,69,70,71,72)/p+1/t41-,44+,45+/m0/s1. The number of carboxylic acids is 1. The van der Waals surface area contributed by atoms with Crippen molar-refractivity contribution >= 4 is 74.7 Å². The first-order valence-electron chi connectivity index (χ1n) is 26.2. The summed E-state index contributed by atoms with van der Waals surface area (Å²) in [7, 11) is -16.8. The van der Waals surface area contributed by atoms with E-state index in [2.05, 4.69) is 140 Å². The molecule has 1 saturated heterocycles. The summed E-state index contributed by atoms with van der Waals surface area (Å²) in [4.78, 5) is 79.2. The monoisotopic (exact) mass is 1160 g/mol. The number of unbranched alkanes of at least 4 members (excludes halogenated alkanes) is 3. The van der Waals surface area contributed by atoms with Gasteiger partial charge in [-0.15, -0.1) is 0 Å². The number of likely N-dealkylation sites (N-methyl/N-ethyl adjacent to an activating group) is 2. The van der Waals surface area contributed by atoms with E-state index in [9.17, 15) is 43.3 Å². The van der Waals surface area contributed by atoms with Crippen LogP contribution >= 0.6 is 23.5 Å². The fourth-order valence-corrected chi connectivity index (χ4v) is 14.4. The molecule has 27 heteroatoms. The highest BCUT2D eigenvalue weighted by Crippen LogP contribution is 2.66. The van der Waals surface area contributed by atoms with E-state index in [1.165, 1.54) is 23.3 Å². The molecule has 4 aliphatic rings. The molecule has 1 fully saturated rings. The molecule has 80 heavy (non-hydrogen) atoms. The first-order valence-corrected chi connectivity index (χ1v) is 30.7. The third-order valence-corrected chi connectivity index (χ3v) is 18.5. The summed E-state index contributed by atoms with van der Waals surface area (Å²) in [5.41, 5.74) is 7.69. The van der Waals surface area contributed by atoms with Gasteiger partial charge in [0.05, 0.1) is 36.2 Å². The lowest BCUT2D eigenvalue weighted by Crippen LogP contribution is -2.49. The molecule has 6 heterocycles. The van der Waals surface area contributed by atoms with Gasteiger partial charge in [0.1, 0.15) is 36.7 Å². The minimum Gasteiger partial charge on any atom is -0.478 e. The van der Waals surface area contributed by atoms with E-state index in [1.807, 2.05) is 0 Å². The molecule has 0 spiro atoms. The number of amides is 1. The van der Waals surface area contributed by atoms with Gasteiger partial charge in [0, 0.05) is 84.7 Å². The molecule has 1 amide bonds. The Morgan fingerprint density at radius 1 is 0.838 bits per heavy atom. The molecule has 0 aliphatic carbocycles. The molecule has 8 N–H and O–H groups in total. The van der Waals surface area contributed by atoms with Crippen LogP contribution in [0, 0.1) is 0 Å². The molecule has 2 aromatic heterocycles. The van der Waals surface area contributed by atoms with Gasteiger partial charge in [0.15, 0.2) is 22.5 Å². The van der Waals surface area contributed by atoms with Gasteiger partial charge in [-0.25, -0.2) is 38.0 Å². The minimum atomic E-state index is -5.73. The fourth-order valence-electron chi connectivity index (χ4n) is 11.4. The summed E-state index contributed by atoms with van der Waals surface area (Å²) < 4.78 is 63.5. The number of aromatic carboxylic acids is 1. The van der Waals surface area contributed by atoms with Crippen molar-refractivity contribution in [2.45, 2.75) is 117 Å². The average Bonchev–Trinajstić information content (AvgIpc) is 3.99. The summed E-state index contributed by atoms with van der Waals surface area (Å²) in [6.45, 7) is 18.8. The van der Waals surface area contributed by atoms with Crippen molar-refractivity contribution in [3.05, 3.63) is 111 Å². The molecular weight excluding hydrogens is 1100 g/mol. The van der Waals surface area contributed by atoms with E-state index < -0.39 is 60.4 Å². The third kappa shape index (κ3) is 12.1. The van der Waals surface area contributed by atoms with Crippen molar-refractivity contribution in [1.29, 1.82) is 0 Å². The van der Waals surface area contributed by atoms with Gasteiger partial charge in [0.2, 0.25) is 5.36 Å². The van der Waals surface area contributed by atoms with Gasteiger partial charge in [-0.2, -0.15) is 8.62 Å². The van der Waals surface area contributed by atoms with Crippen molar-refractivity contribution in [2.75, 3.05) is 43.0 Å². The Balaban J connectivity index is 0.841. The lowest BCUT2D eigenvalue weighted by Gasteiger charge is -2.43. The number of carbonyl (C=O) groups excluding carboxylic acids is 1. The minimum absolute atomic E-state index is 0.0118. The number of aliphatic hydroxyl groups is 1. The van der Waals surface area contributed by atoms with E-state index in [-0.39, 0.29) is 28.6 Å². The number of allylic oxidation sites excluding steroid dienone is 2. The van der Waals surface area contributed by atoms with Crippen molar-refractivity contribution in [2.24, 2.45) is 0 Å². The van der Waals surface area contributed by atoms with E-state index in [0.29, 0.717) is 59.1 Å². The van der Waals surface area contributed by atoms with Gasteiger partial charge < -0.3 is 54.8 Å². The lowest BCUT2D eigenvalue weighted by molar-refractivity contribution is -0.0423. The molecule has 4 aliphatic heterocycles. The number of nitrogens with zero attached hydrogens (tertiary/aromatic N) is 6. The van der Waals surface area contributed by atoms with E-state index in [1.54, 1.807) is 12.1 Å². The molecular formula is C53H66N8O16P3+. The molecule has 5 atom stereocenters. The maximum Gasteiger partial charge on any atom is 0.490 e. The largest absolute Gasteiger partial charge is 0.490 e. The Labute approximate surface area is 460 Å². The number of carbonyl (C=O) groups is 2. The Kier molecular flexibility index (Phi) is 16.4. The Hall–Kier alpha value is -5.97. The summed E-state index contributed by atoms with van der Waals surface area (Å²) in [5, 5.41) is 29.6. The van der Waals surface area contributed by atoms with Crippen LogP contribution in [0.4, 0.5) is 11.5 Å². The number of fused-ring (bicyclic) bond motifs is 5. The van der Waals surface area contributed by atoms with Crippen molar-refractivity contribution in [1.82, 2.24) is 29.4 Å². The quantitative estimate of drug-likeness (QED) is 0.0204. The van der Waals surface area contributed by atoms with Gasteiger partial charge >= 0.3 is 29.4 Å². The molecule has 9 rings (SSSR count). The maximum atomic E-state index is 13.7. The highest BCUT2D eigenvalue weighted by Gasteiger charge is 2.44. The second-order valence-corrected chi connectivity index (χ2v) is 25.6.